The Bertz CT molecular complexity index is 1720. The number of hydrogen-bond donors (Lipinski definition) is 6. The van der Waals surface area contributed by atoms with Gasteiger partial charge in [-0.15, -0.1) is 0 Å². The predicted octanol–water partition coefficient (Wildman–Crippen LogP) is 2.49. The van der Waals surface area contributed by atoms with E-state index in [9.17, 15) is 34.8 Å². The Morgan fingerprint density at radius 3 is 2.37 bits per heavy atom. The Labute approximate surface area is 234 Å². The van der Waals surface area contributed by atoms with Crippen molar-refractivity contribution in [2.75, 3.05) is 7.11 Å². The van der Waals surface area contributed by atoms with Crippen LogP contribution in [-0.2, 0) is 11.2 Å². The SMILES string of the molecule is COc1ccc(C(=O)N/N=C(\C)C2=C(O)[C@@]3(O)C(=O)c4c(c(C)c5ccc(C)c(O)c5c4O)C[C@H]3[C@@H](N)C2=O)cc1. The second-order valence-electron chi connectivity index (χ2n) is 10.4. The van der Waals surface area contributed by atoms with Crippen LogP contribution in [0.2, 0.25) is 0 Å². The van der Waals surface area contributed by atoms with Gasteiger partial charge in [0.2, 0.25) is 5.78 Å². The highest BCUT2D eigenvalue weighted by molar-refractivity contribution is 6.27. The Morgan fingerprint density at radius 1 is 1.07 bits per heavy atom. The van der Waals surface area contributed by atoms with Crippen molar-refractivity contribution in [1.29, 1.82) is 0 Å². The number of phenols is 2. The Kier molecular flexibility index (Phi) is 6.59. The minimum atomic E-state index is -2.68. The molecule has 0 heterocycles. The number of methoxy groups -OCH3 is 1. The fourth-order valence-electron chi connectivity index (χ4n) is 5.77. The van der Waals surface area contributed by atoms with E-state index in [1.54, 1.807) is 38.1 Å². The van der Waals surface area contributed by atoms with Crippen LogP contribution >= 0.6 is 0 Å². The first-order chi connectivity index (χ1) is 19.3. The Morgan fingerprint density at radius 2 is 1.73 bits per heavy atom. The molecule has 0 fully saturated rings. The van der Waals surface area contributed by atoms with Gasteiger partial charge in [0, 0.05) is 11.5 Å². The Hall–Kier alpha value is -4.74. The maximum absolute atomic E-state index is 13.9. The number of Topliss-reactive ketones (excluding diaryl/α,β-unsaturated/α-hetero) is 2. The topological polar surface area (TPSA) is 192 Å². The number of benzene rings is 3. The number of carbonyl (C=O) groups excluding carboxylic acids is 3. The maximum atomic E-state index is 13.9. The molecule has 0 aliphatic heterocycles. The fraction of sp³-hybridized carbons (Fsp3) is 0.267. The zero-order valence-corrected chi connectivity index (χ0v) is 22.8. The summed E-state index contributed by atoms with van der Waals surface area (Å²) in [6, 6.07) is 8.10. The number of nitrogens with two attached hydrogens (primary N) is 1. The molecule has 212 valence electrons. The molecule has 5 rings (SSSR count). The van der Waals surface area contributed by atoms with E-state index in [2.05, 4.69) is 10.5 Å². The van der Waals surface area contributed by atoms with Crippen LogP contribution in [0.5, 0.6) is 17.2 Å². The number of aromatic hydroxyl groups is 2. The first kappa shape index (κ1) is 27.8. The molecule has 3 atom stereocenters. The third-order valence-corrected chi connectivity index (χ3v) is 8.17. The second kappa shape index (κ2) is 9.72. The summed E-state index contributed by atoms with van der Waals surface area (Å²) in [4.78, 5) is 39.9. The van der Waals surface area contributed by atoms with Crippen LogP contribution in [-0.4, -0.2) is 62.4 Å². The van der Waals surface area contributed by atoms with E-state index in [-0.39, 0.29) is 34.4 Å². The van der Waals surface area contributed by atoms with Gasteiger partial charge in [0.1, 0.15) is 23.0 Å². The van der Waals surface area contributed by atoms with Crippen LogP contribution in [0.15, 0.2) is 52.8 Å². The largest absolute Gasteiger partial charge is 0.508 e. The smallest absolute Gasteiger partial charge is 0.271 e. The third-order valence-electron chi connectivity index (χ3n) is 8.17. The van der Waals surface area contributed by atoms with Gasteiger partial charge in [-0.3, -0.25) is 14.4 Å². The van der Waals surface area contributed by atoms with Crippen LogP contribution in [0.3, 0.4) is 0 Å². The van der Waals surface area contributed by atoms with E-state index >= 15 is 0 Å². The number of hydrogen-bond acceptors (Lipinski definition) is 10. The zero-order chi connectivity index (χ0) is 30.0. The molecule has 0 radical (unpaired) electrons. The lowest BCUT2D eigenvalue weighted by Gasteiger charge is -2.45. The molecule has 0 spiro atoms. The molecule has 2 aliphatic carbocycles. The number of carbonyl (C=O) groups is 3. The number of fused-ring (bicyclic) bond motifs is 3. The van der Waals surface area contributed by atoms with Crippen molar-refractivity contribution in [2.24, 2.45) is 16.8 Å². The summed E-state index contributed by atoms with van der Waals surface area (Å²) < 4.78 is 5.07. The summed E-state index contributed by atoms with van der Waals surface area (Å²) in [7, 11) is 1.48. The molecule has 11 heteroatoms. The number of rotatable bonds is 4. The molecule has 3 aromatic rings. The molecule has 0 unspecified atom stereocenters. The molecule has 1 amide bonds. The average molecular weight is 560 g/mol. The average Bonchev–Trinajstić information content (AvgIpc) is 2.96. The van der Waals surface area contributed by atoms with Crippen molar-refractivity contribution >= 4 is 34.0 Å². The predicted molar refractivity (Wildman–Crippen MR) is 149 cm³/mol. The summed E-state index contributed by atoms with van der Waals surface area (Å²) in [6.45, 7) is 4.65. The van der Waals surface area contributed by atoms with Gasteiger partial charge in [0.15, 0.2) is 11.4 Å². The number of nitrogens with zero attached hydrogens (tertiary/aromatic N) is 1. The number of phenolic OH excluding ortho intramolecular Hbond substituents is 2. The molecule has 11 nitrogen and oxygen atoms in total. The van der Waals surface area contributed by atoms with Crippen LogP contribution in [0, 0.1) is 19.8 Å². The fourth-order valence-corrected chi connectivity index (χ4v) is 5.77. The molecule has 0 aromatic heterocycles. The van der Waals surface area contributed by atoms with Crippen molar-refractivity contribution in [3.05, 3.63) is 75.5 Å². The number of nitrogens with one attached hydrogen (secondary N) is 1. The van der Waals surface area contributed by atoms with Gasteiger partial charge < -0.3 is 30.9 Å². The van der Waals surface area contributed by atoms with Crippen molar-refractivity contribution < 1.29 is 39.5 Å². The van der Waals surface area contributed by atoms with E-state index in [0.29, 0.717) is 27.8 Å². The number of ketones is 2. The normalized spacial score (nSPS) is 22.4. The molecule has 0 saturated carbocycles. The van der Waals surface area contributed by atoms with Crippen LogP contribution in [0.25, 0.3) is 10.8 Å². The highest BCUT2D eigenvalue weighted by Gasteiger charge is 2.60. The lowest BCUT2D eigenvalue weighted by atomic mass is 9.61. The summed E-state index contributed by atoms with van der Waals surface area (Å²) in [6.07, 6.45) is -0.115. The molecular weight excluding hydrogens is 530 g/mol. The first-order valence-corrected chi connectivity index (χ1v) is 12.8. The maximum Gasteiger partial charge on any atom is 0.271 e. The number of aryl methyl sites for hydroxylation is 2. The second-order valence-corrected chi connectivity index (χ2v) is 10.4. The molecule has 7 N–H and O–H groups in total. The summed E-state index contributed by atoms with van der Waals surface area (Å²) in [5.74, 6) is -4.93. The lowest BCUT2D eigenvalue weighted by Crippen LogP contribution is -2.63. The van der Waals surface area contributed by atoms with Crippen LogP contribution in [0.4, 0.5) is 0 Å². The molecule has 0 bridgehead atoms. The highest BCUT2D eigenvalue weighted by atomic mass is 16.5. The van der Waals surface area contributed by atoms with Crippen LogP contribution in [0.1, 0.15) is 44.3 Å². The van der Waals surface area contributed by atoms with Crippen molar-refractivity contribution in [1.82, 2.24) is 5.43 Å². The number of amides is 1. The Balaban J connectivity index is 1.60. The van der Waals surface area contributed by atoms with Gasteiger partial charge in [-0.05, 0) is 73.5 Å². The zero-order valence-electron chi connectivity index (χ0n) is 22.8. The van der Waals surface area contributed by atoms with Gasteiger partial charge in [-0.25, -0.2) is 5.43 Å². The van der Waals surface area contributed by atoms with Crippen LogP contribution < -0.4 is 15.9 Å². The molecule has 0 saturated heterocycles. The monoisotopic (exact) mass is 559 g/mol. The highest BCUT2D eigenvalue weighted by Crippen LogP contribution is 2.50. The molecular formula is C30H29N3O8. The lowest BCUT2D eigenvalue weighted by molar-refractivity contribution is -0.122. The number of ether oxygens (including phenoxy) is 1. The molecule has 2 aliphatic rings. The quantitative estimate of drug-likeness (QED) is 0.206. The van der Waals surface area contributed by atoms with E-state index < -0.39 is 52.1 Å². The minimum absolute atomic E-state index is 0.0375. The number of aliphatic hydroxyl groups is 2. The van der Waals surface area contributed by atoms with E-state index in [1.165, 1.54) is 26.2 Å². The van der Waals surface area contributed by atoms with Gasteiger partial charge in [-0.1, -0.05) is 12.1 Å². The van der Waals surface area contributed by atoms with Gasteiger partial charge in [-0.2, -0.15) is 5.10 Å². The van der Waals surface area contributed by atoms with Crippen molar-refractivity contribution in [2.45, 2.75) is 38.8 Å². The summed E-state index contributed by atoms with van der Waals surface area (Å²) in [5, 5.41) is 49.4. The van der Waals surface area contributed by atoms with E-state index in [1.807, 2.05) is 0 Å². The van der Waals surface area contributed by atoms with E-state index in [4.69, 9.17) is 10.5 Å². The van der Waals surface area contributed by atoms with Crippen molar-refractivity contribution in [3.63, 3.8) is 0 Å². The summed E-state index contributed by atoms with van der Waals surface area (Å²) >= 11 is 0. The minimum Gasteiger partial charge on any atom is -0.508 e. The van der Waals surface area contributed by atoms with Gasteiger partial charge in [0.05, 0.1) is 35.4 Å². The van der Waals surface area contributed by atoms with Gasteiger partial charge in [0.25, 0.3) is 5.91 Å². The van der Waals surface area contributed by atoms with E-state index in [0.717, 1.165) is 0 Å². The number of hydrazone groups is 1. The standard InChI is InChI=1S/C30H29N3O8/c1-12-5-10-17-13(2)18-11-19-23(31)26(36)20(14(3)32-33-29(39)15-6-8-16(41-4)9-7-15)27(37)30(19,40)28(38)22(18)25(35)21(17)24(12)34/h5-10,19,23,34-35,37,40H,11,31H2,1-4H3,(H,33,39)/b32-14+/t19-,23+,30+/m0/s1. The first-order valence-electron chi connectivity index (χ1n) is 12.8. The van der Waals surface area contributed by atoms with Crippen molar-refractivity contribution in [3.8, 4) is 17.2 Å². The van der Waals surface area contributed by atoms with Gasteiger partial charge >= 0.3 is 0 Å². The molecule has 41 heavy (non-hydrogen) atoms. The molecule has 3 aromatic carbocycles. The third kappa shape index (κ3) is 3.96. The summed E-state index contributed by atoms with van der Waals surface area (Å²) in [5.41, 5.74) is 6.53. The number of aliphatic hydroxyl groups excluding tert-OH is 1.